The SMILES string of the molecule is O=C(Nc1nccs1)c1cc(S(=O)(=O)N2CCOCC2)ccc1N1CCCC1. The fourth-order valence-electron chi connectivity index (χ4n) is 3.48. The lowest BCUT2D eigenvalue weighted by Gasteiger charge is -2.27. The van der Waals surface area contributed by atoms with Crippen LogP contribution in [0.25, 0.3) is 0 Å². The van der Waals surface area contributed by atoms with E-state index in [4.69, 9.17) is 4.74 Å². The Hall–Kier alpha value is -2.01. The zero-order valence-electron chi connectivity index (χ0n) is 15.3. The van der Waals surface area contributed by atoms with Crippen molar-refractivity contribution in [3.05, 3.63) is 35.3 Å². The van der Waals surface area contributed by atoms with Crippen LogP contribution in [-0.4, -0.2) is 63.0 Å². The van der Waals surface area contributed by atoms with Crippen molar-refractivity contribution in [3.8, 4) is 0 Å². The third-order valence-corrected chi connectivity index (χ3v) is 7.50. The molecule has 1 N–H and O–H groups in total. The second-order valence-corrected chi connectivity index (χ2v) is 9.51. The van der Waals surface area contributed by atoms with E-state index in [1.807, 2.05) is 0 Å². The average Bonchev–Trinajstić information content (AvgIpc) is 3.42. The summed E-state index contributed by atoms with van der Waals surface area (Å²) in [6.07, 6.45) is 3.73. The molecule has 3 heterocycles. The van der Waals surface area contributed by atoms with Crippen molar-refractivity contribution < 1.29 is 17.9 Å². The number of rotatable bonds is 5. The number of hydrogen-bond acceptors (Lipinski definition) is 7. The van der Waals surface area contributed by atoms with Gasteiger partial charge in [0.2, 0.25) is 10.0 Å². The fourth-order valence-corrected chi connectivity index (χ4v) is 5.44. The largest absolute Gasteiger partial charge is 0.379 e. The Morgan fingerprint density at radius 2 is 1.89 bits per heavy atom. The third kappa shape index (κ3) is 3.90. The predicted octanol–water partition coefficient (Wildman–Crippen LogP) is 2.02. The third-order valence-electron chi connectivity index (χ3n) is 4.92. The lowest BCUT2D eigenvalue weighted by Crippen LogP contribution is -2.40. The normalized spacial score (nSPS) is 18.4. The smallest absolute Gasteiger partial charge is 0.259 e. The van der Waals surface area contributed by atoms with Gasteiger partial charge < -0.3 is 9.64 Å². The van der Waals surface area contributed by atoms with Crippen molar-refractivity contribution >= 4 is 38.1 Å². The second-order valence-electron chi connectivity index (χ2n) is 6.68. The lowest BCUT2D eigenvalue weighted by molar-refractivity contribution is 0.0730. The van der Waals surface area contributed by atoms with E-state index in [0.717, 1.165) is 31.6 Å². The molecule has 0 radical (unpaired) electrons. The molecular formula is C18H22N4O4S2. The monoisotopic (exact) mass is 422 g/mol. The summed E-state index contributed by atoms with van der Waals surface area (Å²) in [5, 5.41) is 5.03. The number of carbonyl (C=O) groups is 1. The van der Waals surface area contributed by atoms with Crippen LogP contribution in [0.4, 0.5) is 10.8 Å². The van der Waals surface area contributed by atoms with Crippen LogP contribution in [-0.2, 0) is 14.8 Å². The summed E-state index contributed by atoms with van der Waals surface area (Å²) in [6, 6.07) is 4.83. The first-order chi connectivity index (χ1) is 13.6. The van der Waals surface area contributed by atoms with Gasteiger partial charge in [0.1, 0.15) is 0 Å². The Morgan fingerprint density at radius 1 is 1.14 bits per heavy atom. The highest BCUT2D eigenvalue weighted by Crippen LogP contribution is 2.29. The number of sulfonamides is 1. The van der Waals surface area contributed by atoms with Crippen molar-refractivity contribution in [2.24, 2.45) is 0 Å². The first-order valence-corrected chi connectivity index (χ1v) is 11.6. The van der Waals surface area contributed by atoms with Gasteiger partial charge in [-0.1, -0.05) is 0 Å². The van der Waals surface area contributed by atoms with E-state index in [1.54, 1.807) is 23.7 Å². The fraction of sp³-hybridized carbons (Fsp3) is 0.444. The minimum Gasteiger partial charge on any atom is -0.379 e. The molecule has 0 unspecified atom stereocenters. The molecule has 2 aliphatic rings. The number of morpholine rings is 1. The molecule has 0 atom stereocenters. The number of aromatic nitrogens is 1. The van der Waals surface area contributed by atoms with Crippen LogP contribution >= 0.6 is 11.3 Å². The average molecular weight is 423 g/mol. The van der Waals surface area contributed by atoms with E-state index in [9.17, 15) is 13.2 Å². The van der Waals surface area contributed by atoms with E-state index in [-0.39, 0.29) is 10.8 Å². The topological polar surface area (TPSA) is 91.8 Å². The molecule has 150 valence electrons. The van der Waals surface area contributed by atoms with E-state index in [0.29, 0.717) is 37.0 Å². The van der Waals surface area contributed by atoms with Gasteiger partial charge in [0, 0.05) is 43.4 Å². The zero-order chi connectivity index (χ0) is 19.6. The molecule has 2 aliphatic heterocycles. The predicted molar refractivity (Wildman–Crippen MR) is 108 cm³/mol. The maximum absolute atomic E-state index is 13.0. The molecule has 2 saturated heterocycles. The summed E-state index contributed by atoms with van der Waals surface area (Å²) < 4.78 is 32.7. The van der Waals surface area contributed by atoms with Gasteiger partial charge >= 0.3 is 0 Å². The molecule has 4 rings (SSSR count). The highest BCUT2D eigenvalue weighted by Gasteiger charge is 2.29. The van der Waals surface area contributed by atoms with Crippen LogP contribution in [0.2, 0.25) is 0 Å². The number of ether oxygens (including phenoxy) is 1. The standard InChI is InChI=1S/C18H22N4O4S2/c23-17(20-18-19-5-12-27-18)15-13-14(3-4-16(15)21-6-1-2-7-21)28(24,25)22-8-10-26-11-9-22/h3-5,12-13H,1-2,6-11H2,(H,19,20,23). The van der Waals surface area contributed by atoms with Crippen molar-refractivity contribution in [3.63, 3.8) is 0 Å². The van der Waals surface area contributed by atoms with Gasteiger partial charge in [-0.05, 0) is 31.0 Å². The number of hydrogen-bond donors (Lipinski definition) is 1. The van der Waals surface area contributed by atoms with E-state index >= 15 is 0 Å². The summed E-state index contributed by atoms with van der Waals surface area (Å²) in [7, 11) is -3.68. The Labute approximate surface area is 168 Å². The molecule has 0 aliphatic carbocycles. The van der Waals surface area contributed by atoms with Gasteiger partial charge in [-0.25, -0.2) is 13.4 Å². The van der Waals surface area contributed by atoms with Gasteiger partial charge in [-0.3, -0.25) is 10.1 Å². The summed E-state index contributed by atoms with van der Waals surface area (Å²) in [5.41, 5.74) is 1.11. The summed E-state index contributed by atoms with van der Waals surface area (Å²) >= 11 is 1.32. The number of anilines is 2. The second kappa shape index (κ2) is 8.16. The Balaban J connectivity index is 1.70. The molecule has 28 heavy (non-hydrogen) atoms. The molecule has 1 aromatic heterocycles. The summed E-state index contributed by atoms with van der Waals surface area (Å²) in [4.78, 5) is 19.3. The van der Waals surface area contributed by atoms with E-state index in [2.05, 4.69) is 15.2 Å². The Morgan fingerprint density at radius 3 is 2.57 bits per heavy atom. The van der Waals surface area contributed by atoms with Crippen LogP contribution in [0.3, 0.4) is 0 Å². The van der Waals surface area contributed by atoms with Gasteiger partial charge in [0.15, 0.2) is 5.13 Å². The number of amides is 1. The molecule has 1 aromatic carbocycles. The molecular weight excluding hydrogens is 400 g/mol. The van der Waals surface area contributed by atoms with Crippen molar-refractivity contribution in [1.82, 2.24) is 9.29 Å². The number of nitrogens with one attached hydrogen (secondary N) is 1. The van der Waals surface area contributed by atoms with Gasteiger partial charge in [0.05, 0.1) is 23.7 Å². The number of carbonyl (C=O) groups excluding carboxylic acids is 1. The van der Waals surface area contributed by atoms with Crippen molar-refractivity contribution in [1.29, 1.82) is 0 Å². The number of thiazole rings is 1. The molecule has 10 heteroatoms. The lowest BCUT2D eigenvalue weighted by atomic mass is 10.1. The van der Waals surface area contributed by atoms with Crippen molar-refractivity contribution in [2.75, 3.05) is 49.6 Å². The van der Waals surface area contributed by atoms with Crippen LogP contribution in [0, 0.1) is 0 Å². The molecule has 0 bridgehead atoms. The van der Waals surface area contributed by atoms with Crippen LogP contribution in [0.15, 0.2) is 34.7 Å². The first kappa shape index (κ1) is 19.3. The van der Waals surface area contributed by atoms with Gasteiger partial charge in [0.25, 0.3) is 5.91 Å². The van der Waals surface area contributed by atoms with Crippen LogP contribution < -0.4 is 10.2 Å². The number of nitrogens with zero attached hydrogens (tertiary/aromatic N) is 3. The zero-order valence-corrected chi connectivity index (χ0v) is 17.0. The quantitative estimate of drug-likeness (QED) is 0.793. The molecule has 8 nitrogen and oxygen atoms in total. The van der Waals surface area contributed by atoms with E-state index < -0.39 is 10.0 Å². The highest BCUT2D eigenvalue weighted by atomic mass is 32.2. The molecule has 0 saturated carbocycles. The van der Waals surface area contributed by atoms with Gasteiger partial charge in [-0.15, -0.1) is 11.3 Å². The summed E-state index contributed by atoms with van der Waals surface area (Å²) in [5.74, 6) is -0.351. The van der Waals surface area contributed by atoms with Crippen LogP contribution in [0.1, 0.15) is 23.2 Å². The maximum atomic E-state index is 13.0. The summed E-state index contributed by atoms with van der Waals surface area (Å²) in [6.45, 7) is 3.10. The minimum absolute atomic E-state index is 0.127. The molecule has 2 aromatic rings. The van der Waals surface area contributed by atoms with Gasteiger partial charge in [-0.2, -0.15) is 4.31 Å². The first-order valence-electron chi connectivity index (χ1n) is 9.23. The molecule has 0 spiro atoms. The molecule has 1 amide bonds. The molecule has 2 fully saturated rings. The Bertz CT molecular complexity index is 935. The van der Waals surface area contributed by atoms with Crippen LogP contribution in [0.5, 0.6) is 0 Å². The maximum Gasteiger partial charge on any atom is 0.259 e. The Kier molecular flexibility index (Phi) is 5.63. The number of benzene rings is 1. The highest BCUT2D eigenvalue weighted by molar-refractivity contribution is 7.89. The minimum atomic E-state index is -3.68. The van der Waals surface area contributed by atoms with Crippen molar-refractivity contribution in [2.45, 2.75) is 17.7 Å². The van der Waals surface area contributed by atoms with E-state index in [1.165, 1.54) is 21.7 Å².